The lowest BCUT2D eigenvalue weighted by atomic mass is 10.1. The van der Waals surface area contributed by atoms with Crippen LogP contribution in [-0.2, 0) is 20.6 Å². The largest absolute Gasteiger partial charge is 0.491 e. The zero-order chi connectivity index (χ0) is 20.1. The number of ether oxygens (including phenoxy) is 1. The molecule has 0 saturated carbocycles. The van der Waals surface area contributed by atoms with Crippen molar-refractivity contribution in [3.8, 4) is 5.75 Å². The summed E-state index contributed by atoms with van der Waals surface area (Å²) in [4.78, 5) is 12.0. The number of aryl methyl sites for hydroxylation is 2. The molecule has 1 atom stereocenters. The van der Waals surface area contributed by atoms with Crippen molar-refractivity contribution < 1.29 is 9.84 Å². The van der Waals surface area contributed by atoms with Gasteiger partial charge in [0.05, 0.1) is 11.0 Å². The highest BCUT2D eigenvalue weighted by molar-refractivity contribution is 5.76. The molecule has 28 heavy (non-hydrogen) atoms. The number of nitrogens with one attached hydrogen (secondary N) is 1. The number of imidazole rings is 1. The Labute approximate surface area is 165 Å². The molecule has 3 rings (SSSR count). The van der Waals surface area contributed by atoms with Gasteiger partial charge < -0.3 is 15.2 Å². The van der Waals surface area contributed by atoms with Crippen molar-refractivity contribution in [2.75, 3.05) is 13.2 Å². The second kappa shape index (κ2) is 9.08. The molecule has 6 heteroatoms. The lowest BCUT2D eigenvalue weighted by Crippen LogP contribution is -2.19. The maximum Gasteiger partial charge on any atom is 0.328 e. The fourth-order valence-corrected chi connectivity index (χ4v) is 3.24. The van der Waals surface area contributed by atoms with Gasteiger partial charge in [0.15, 0.2) is 0 Å². The normalized spacial score (nSPS) is 12.4. The van der Waals surface area contributed by atoms with Gasteiger partial charge in [-0.2, -0.15) is 0 Å². The Balaban J connectivity index is 1.59. The topological polar surface area (TPSA) is 68.4 Å². The molecular weight excluding hydrogens is 354 g/mol. The van der Waals surface area contributed by atoms with Crippen LogP contribution in [-0.4, -0.2) is 27.4 Å². The number of rotatable bonds is 9. The molecule has 2 aromatic carbocycles. The first-order valence-electron chi connectivity index (χ1n) is 9.77. The van der Waals surface area contributed by atoms with Gasteiger partial charge in [-0.05, 0) is 48.4 Å². The van der Waals surface area contributed by atoms with Crippen LogP contribution >= 0.6 is 0 Å². The molecule has 0 aliphatic heterocycles. The third kappa shape index (κ3) is 4.46. The fourth-order valence-electron chi connectivity index (χ4n) is 3.24. The van der Waals surface area contributed by atoms with Gasteiger partial charge >= 0.3 is 5.69 Å². The molecule has 6 nitrogen and oxygen atoms in total. The van der Waals surface area contributed by atoms with Gasteiger partial charge in [-0.3, -0.25) is 9.13 Å². The van der Waals surface area contributed by atoms with Gasteiger partial charge in [-0.15, -0.1) is 0 Å². The molecule has 2 N–H and O–H groups in total. The van der Waals surface area contributed by atoms with Crippen molar-refractivity contribution in [2.24, 2.45) is 14.1 Å². The Morgan fingerprint density at radius 3 is 2.50 bits per heavy atom. The molecule has 0 aliphatic rings. The Kier molecular flexibility index (Phi) is 6.54. The summed E-state index contributed by atoms with van der Waals surface area (Å²) < 4.78 is 8.93. The molecule has 0 spiro atoms. The predicted molar refractivity (Wildman–Crippen MR) is 112 cm³/mol. The molecule has 0 amide bonds. The lowest BCUT2D eigenvalue weighted by molar-refractivity contribution is 0.108. The van der Waals surface area contributed by atoms with Crippen LogP contribution in [0.1, 0.15) is 37.0 Å². The monoisotopic (exact) mass is 383 g/mol. The predicted octanol–water partition coefficient (Wildman–Crippen LogP) is 2.88. The molecule has 0 radical (unpaired) electrons. The highest BCUT2D eigenvalue weighted by Gasteiger charge is 2.13. The first-order valence-corrected chi connectivity index (χ1v) is 9.77. The maximum atomic E-state index is 12.0. The van der Waals surface area contributed by atoms with E-state index in [4.69, 9.17) is 4.74 Å². The summed E-state index contributed by atoms with van der Waals surface area (Å²) in [5.74, 6) is 0.726. The molecule has 0 aliphatic carbocycles. The fraction of sp³-hybridized carbons (Fsp3) is 0.409. The Hall–Kier alpha value is -2.57. The van der Waals surface area contributed by atoms with E-state index in [2.05, 4.69) is 12.2 Å². The summed E-state index contributed by atoms with van der Waals surface area (Å²) >= 11 is 0. The lowest BCUT2D eigenvalue weighted by Gasteiger charge is -2.13. The van der Waals surface area contributed by atoms with E-state index in [1.807, 2.05) is 42.5 Å². The number of aromatic nitrogens is 2. The number of hydrogen-bond donors (Lipinski definition) is 2. The average Bonchev–Trinajstić information content (AvgIpc) is 2.94. The second-order valence-corrected chi connectivity index (χ2v) is 7.15. The van der Waals surface area contributed by atoms with Crippen LogP contribution in [0.5, 0.6) is 5.75 Å². The highest BCUT2D eigenvalue weighted by atomic mass is 16.5. The van der Waals surface area contributed by atoms with Crippen LogP contribution in [0.15, 0.2) is 47.3 Å². The highest BCUT2D eigenvalue weighted by Crippen LogP contribution is 2.21. The van der Waals surface area contributed by atoms with Crippen LogP contribution < -0.4 is 15.7 Å². The molecule has 0 bridgehead atoms. The summed E-state index contributed by atoms with van der Waals surface area (Å²) in [6.07, 6.45) is 1.60. The standard InChI is InChI=1S/C22H29N3O3/c1-4-5-12-23-14-16-6-9-18(10-7-16)28-15-21(26)17-8-11-19-20(13-17)25(3)22(27)24(19)2/h6-11,13,21,23,26H,4-5,12,14-15H2,1-3H3. The molecule has 1 heterocycles. The van der Waals surface area contributed by atoms with E-state index < -0.39 is 6.10 Å². The third-order valence-electron chi connectivity index (χ3n) is 5.05. The van der Waals surface area contributed by atoms with Crippen LogP contribution in [0.2, 0.25) is 0 Å². The van der Waals surface area contributed by atoms with Gasteiger partial charge in [0, 0.05) is 20.6 Å². The Morgan fingerprint density at radius 2 is 1.79 bits per heavy atom. The maximum absolute atomic E-state index is 12.0. The molecular formula is C22H29N3O3. The third-order valence-corrected chi connectivity index (χ3v) is 5.05. The zero-order valence-electron chi connectivity index (χ0n) is 16.8. The number of benzene rings is 2. The summed E-state index contributed by atoms with van der Waals surface area (Å²) in [5.41, 5.74) is 3.49. The van der Waals surface area contributed by atoms with Crippen LogP contribution in [0, 0.1) is 0 Å². The van der Waals surface area contributed by atoms with Gasteiger partial charge in [0.25, 0.3) is 0 Å². The van der Waals surface area contributed by atoms with Crippen molar-refractivity contribution >= 4 is 11.0 Å². The van der Waals surface area contributed by atoms with E-state index in [0.717, 1.165) is 35.4 Å². The van der Waals surface area contributed by atoms with Crippen molar-refractivity contribution in [1.29, 1.82) is 0 Å². The number of aliphatic hydroxyl groups excluding tert-OH is 1. The average molecular weight is 383 g/mol. The van der Waals surface area contributed by atoms with E-state index in [-0.39, 0.29) is 12.3 Å². The van der Waals surface area contributed by atoms with Crippen molar-refractivity contribution in [3.05, 3.63) is 64.1 Å². The van der Waals surface area contributed by atoms with Gasteiger partial charge in [-0.25, -0.2) is 4.79 Å². The van der Waals surface area contributed by atoms with Crippen molar-refractivity contribution in [3.63, 3.8) is 0 Å². The van der Waals surface area contributed by atoms with E-state index in [0.29, 0.717) is 0 Å². The molecule has 1 unspecified atom stereocenters. The smallest absolute Gasteiger partial charge is 0.328 e. The van der Waals surface area contributed by atoms with Gasteiger partial charge in [-0.1, -0.05) is 31.5 Å². The van der Waals surface area contributed by atoms with E-state index in [1.165, 1.54) is 18.4 Å². The number of nitrogens with zero attached hydrogens (tertiary/aromatic N) is 2. The van der Waals surface area contributed by atoms with Gasteiger partial charge in [0.2, 0.25) is 0 Å². The van der Waals surface area contributed by atoms with Crippen molar-refractivity contribution in [1.82, 2.24) is 14.5 Å². The number of unbranched alkanes of at least 4 members (excludes halogenated alkanes) is 1. The summed E-state index contributed by atoms with van der Waals surface area (Å²) in [6, 6.07) is 13.5. The number of fused-ring (bicyclic) bond motifs is 1. The minimum absolute atomic E-state index is 0.0813. The summed E-state index contributed by atoms with van der Waals surface area (Å²) in [7, 11) is 3.48. The van der Waals surface area contributed by atoms with Crippen LogP contribution in [0.3, 0.4) is 0 Å². The molecule has 0 fully saturated rings. The molecule has 0 saturated heterocycles. The van der Waals surface area contributed by atoms with E-state index in [1.54, 1.807) is 23.2 Å². The second-order valence-electron chi connectivity index (χ2n) is 7.15. The quantitative estimate of drug-likeness (QED) is 0.558. The first kappa shape index (κ1) is 20.2. The Morgan fingerprint density at radius 1 is 1.07 bits per heavy atom. The van der Waals surface area contributed by atoms with Crippen LogP contribution in [0.25, 0.3) is 11.0 Å². The SMILES string of the molecule is CCCCNCc1ccc(OCC(O)c2ccc3c(c2)n(C)c(=O)n3C)cc1. The minimum atomic E-state index is -0.768. The van der Waals surface area contributed by atoms with E-state index in [9.17, 15) is 9.90 Å². The van der Waals surface area contributed by atoms with Crippen molar-refractivity contribution in [2.45, 2.75) is 32.4 Å². The first-order chi connectivity index (χ1) is 13.5. The number of hydrogen-bond acceptors (Lipinski definition) is 4. The molecule has 150 valence electrons. The zero-order valence-corrected chi connectivity index (χ0v) is 16.8. The van der Waals surface area contributed by atoms with E-state index >= 15 is 0 Å². The Bertz CT molecular complexity index is 973. The summed E-state index contributed by atoms with van der Waals surface area (Å²) in [6.45, 7) is 4.21. The minimum Gasteiger partial charge on any atom is -0.491 e. The molecule has 1 aromatic heterocycles. The number of aliphatic hydroxyl groups is 1. The van der Waals surface area contributed by atoms with Gasteiger partial charge in [0.1, 0.15) is 18.5 Å². The van der Waals surface area contributed by atoms with Crippen LogP contribution in [0.4, 0.5) is 0 Å². The summed E-state index contributed by atoms with van der Waals surface area (Å²) in [5, 5.41) is 13.9. The molecule has 3 aromatic rings.